The molecule has 0 bridgehead atoms. The lowest BCUT2D eigenvalue weighted by molar-refractivity contribution is 0.0894. The molecule has 3 atom stereocenters. The Balaban J connectivity index is 1.91. The summed E-state index contributed by atoms with van der Waals surface area (Å²) in [5.74, 6) is 0. The first kappa shape index (κ1) is 13.3. The van der Waals surface area contributed by atoms with Gasteiger partial charge in [0, 0.05) is 24.7 Å². The van der Waals surface area contributed by atoms with Gasteiger partial charge in [-0.15, -0.1) is 0 Å². The van der Waals surface area contributed by atoms with E-state index in [1.807, 2.05) is 0 Å². The predicted octanol–water partition coefficient (Wildman–Crippen LogP) is 1.54. The van der Waals surface area contributed by atoms with Gasteiger partial charge in [0.1, 0.15) is 0 Å². The van der Waals surface area contributed by atoms with E-state index in [4.69, 9.17) is 0 Å². The van der Waals surface area contributed by atoms with Crippen LogP contribution in [0.15, 0.2) is 0 Å². The molecule has 2 aliphatic rings. The van der Waals surface area contributed by atoms with Crippen molar-refractivity contribution in [3.63, 3.8) is 0 Å². The monoisotopic (exact) mass is 239 g/mol. The van der Waals surface area contributed by atoms with Crippen molar-refractivity contribution < 1.29 is 0 Å². The van der Waals surface area contributed by atoms with Gasteiger partial charge in [0.25, 0.3) is 0 Å². The fourth-order valence-corrected chi connectivity index (χ4v) is 3.67. The van der Waals surface area contributed by atoms with E-state index in [2.05, 4.69) is 36.1 Å². The molecule has 3 nitrogen and oxygen atoms in total. The van der Waals surface area contributed by atoms with Crippen LogP contribution in [0.2, 0.25) is 0 Å². The van der Waals surface area contributed by atoms with Crippen LogP contribution in [0, 0.1) is 0 Å². The van der Waals surface area contributed by atoms with E-state index < -0.39 is 0 Å². The van der Waals surface area contributed by atoms with E-state index in [0.717, 1.165) is 24.7 Å². The fourth-order valence-electron chi connectivity index (χ4n) is 3.67. The van der Waals surface area contributed by atoms with Crippen LogP contribution in [0.3, 0.4) is 0 Å². The van der Waals surface area contributed by atoms with Gasteiger partial charge in [-0.25, -0.2) is 0 Å². The van der Waals surface area contributed by atoms with Crippen molar-refractivity contribution in [1.29, 1.82) is 0 Å². The topological polar surface area (TPSA) is 18.5 Å². The summed E-state index contributed by atoms with van der Waals surface area (Å²) in [5.41, 5.74) is 0. The lowest BCUT2D eigenvalue weighted by Gasteiger charge is -2.41. The van der Waals surface area contributed by atoms with Crippen molar-refractivity contribution in [2.45, 2.75) is 57.2 Å². The maximum Gasteiger partial charge on any atom is 0.0249 e. The number of rotatable bonds is 4. The summed E-state index contributed by atoms with van der Waals surface area (Å²) in [6, 6.07) is 2.28. The molecule has 1 aliphatic heterocycles. The molecule has 0 aromatic heterocycles. The zero-order valence-electron chi connectivity index (χ0n) is 11.8. The molecule has 0 aromatic rings. The lowest BCUT2D eigenvalue weighted by Crippen LogP contribution is -2.53. The molecule has 1 saturated heterocycles. The van der Waals surface area contributed by atoms with Crippen LogP contribution in [0.5, 0.6) is 0 Å². The van der Waals surface area contributed by atoms with E-state index in [-0.39, 0.29) is 0 Å². The van der Waals surface area contributed by atoms with Gasteiger partial charge < -0.3 is 10.2 Å². The zero-order chi connectivity index (χ0) is 12.3. The normalized spacial score (nSPS) is 35.6. The maximum atomic E-state index is 3.67. The highest BCUT2D eigenvalue weighted by molar-refractivity contribution is 4.92. The van der Waals surface area contributed by atoms with Crippen LogP contribution < -0.4 is 5.32 Å². The molecule has 2 rings (SSSR count). The average Bonchev–Trinajstić information content (AvgIpc) is 2.77. The predicted molar refractivity (Wildman–Crippen MR) is 73.4 cm³/mol. The molecule has 1 saturated carbocycles. The summed E-state index contributed by atoms with van der Waals surface area (Å²) in [6.45, 7) is 5.88. The molecule has 0 aromatic carbocycles. The van der Waals surface area contributed by atoms with Crippen molar-refractivity contribution >= 4 is 0 Å². The number of nitrogens with one attached hydrogen (secondary N) is 1. The van der Waals surface area contributed by atoms with E-state index in [1.54, 1.807) is 0 Å². The highest BCUT2D eigenvalue weighted by Crippen LogP contribution is 2.27. The summed E-state index contributed by atoms with van der Waals surface area (Å²) < 4.78 is 0. The number of hydrogen-bond donors (Lipinski definition) is 1. The summed E-state index contributed by atoms with van der Waals surface area (Å²) in [5, 5.41) is 3.67. The van der Waals surface area contributed by atoms with Crippen molar-refractivity contribution in [3.05, 3.63) is 0 Å². The van der Waals surface area contributed by atoms with E-state index >= 15 is 0 Å². The molecule has 2 fully saturated rings. The van der Waals surface area contributed by atoms with Gasteiger partial charge >= 0.3 is 0 Å². The number of nitrogens with zero attached hydrogens (tertiary/aromatic N) is 2. The maximum absolute atomic E-state index is 3.67. The number of likely N-dealkylation sites (N-methyl/N-ethyl adjacent to an activating group) is 3. The Morgan fingerprint density at radius 3 is 2.76 bits per heavy atom. The second-order valence-corrected chi connectivity index (χ2v) is 5.89. The van der Waals surface area contributed by atoms with Gasteiger partial charge in [0.15, 0.2) is 0 Å². The molecular formula is C14H29N3. The molecule has 3 unspecified atom stereocenters. The first-order valence-corrected chi connectivity index (χ1v) is 7.36. The fraction of sp³-hybridized carbons (Fsp3) is 1.00. The molecule has 100 valence electrons. The second kappa shape index (κ2) is 6.17. The Labute approximate surface area is 107 Å². The number of likely N-dealkylation sites (tertiary alicyclic amines) is 1. The molecule has 1 N–H and O–H groups in total. The summed E-state index contributed by atoms with van der Waals surface area (Å²) >= 11 is 0. The standard InChI is InChI=1S/C14H29N3/c1-4-15-13-8-5-9-14(13)17(3)12-7-6-10-16(2)11-12/h12-15H,4-11H2,1-3H3. The van der Waals surface area contributed by atoms with Crippen molar-refractivity contribution in [1.82, 2.24) is 15.1 Å². The van der Waals surface area contributed by atoms with Gasteiger partial charge in [0.05, 0.1) is 0 Å². The Kier molecular flexibility index (Phi) is 4.83. The summed E-state index contributed by atoms with van der Waals surface area (Å²) in [6.07, 6.45) is 6.90. The van der Waals surface area contributed by atoms with Crippen molar-refractivity contribution in [3.8, 4) is 0 Å². The zero-order valence-corrected chi connectivity index (χ0v) is 11.8. The van der Waals surface area contributed by atoms with Gasteiger partial charge in [-0.1, -0.05) is 13.3 Å². The van der Waals surface area contributed by atoms with Crippen LogP contribution in [-0.2, 0) is 0 Å². The van der Waals surface area contributed by atoms with Gasteiger partial charge in [-0.2, -0.15) is 0 Å². The van der Waals surface area contributed by atoms with Crippen molar-refractivity contribution in [2.75, 3.05) is 33.7 Å². The SMILES string of the molecule is CCNC1CCCC1N(C)C1CCCN(C)C1. The third kappa shape index (κ3) is 3.21. The van der Waals surface area contributed by atoms with E-state index in [9.17, 15) is 0 Å². The molecule has 1 aliphatic carbocycles. The minimum absolute atomic E-state index is 0.734. The smallest absolute Gasteiger partial charge is 0.0249 e. The molecular weight excluding hydrogens is 210 g/mol. The Morgan fingerprint density at radius 1 is 1.24 bits per heavy atom. The lowest BCUT2D eigenvalue weighted by atomic mass is 10.0. The minimum Gasteiger partial charge on any atom is -0.313 e. The molecule has 0 amide bonds. The highest BCUT2D eigenvalue weighted by Gasteiger charge is 2.33. The highest BCUT2D eigenvalue weighted by atomic mass is 15.2. The average molecular weight is 239 g/mol. The number of piperidine rings is 1. The van der Waals surface area contributed by atoms with Crippen LogP contribution in [-0.4, -0.2) is 61.7 Å². The third-order valence-corrected chi connectivity index (χ3v) is 4.64. The molecule has 0 radical (unpaired) electrons. The molecule has 0 spiro atoms. The number of hydrogen-bond acceptors (Lipinski definition) is 3. The second-order valence-electron chi connectivity index (χ2n) is 5.89. The summed E-state index contributed by atoms with van der Waals surface area (Å²) in [7, 11) is 4.61. The van der Waals surface area contributed by atoms with Crippen molar-refractivity contribution in [2.24, 2.45) is 0 Å². The van der Waals surface area contributed by atoms with Crippen LogP contribution in [0.1, 0.15) is 39.0 Å². The van der Waals surface area contributed by atoms with Gasteiger partial charge in [0.2, 0.25) is 0 Å². The van der Waals surface area contributed by atoms with E-state index in [0.29, 0.717) is 0 Å². The first-order chi connectivity index (χ1) is 8.22. The first-order valence-electron chi connectivity index (χ1n) is 7.36. The summed E-state index contributed by atoms with van der Waals surface area (Å²) in [4.78, 5) is 5.16. The largest absolute Gasteiger partial charge is 0.313 e. The third-order valence-electron chi connectivity index (χ3n) is 4.64. The van der Waals surface area contributed by atoms with Crippen LogP contribution in [0.25, 0.3) is 0 Å². The molecule has 1 heterocycles. The molecule has 3 heteroatoms. The van der Waals surface area contributed by atoms with Gasteiger partial charge in [-0.05, 0) is 52.9 Å². The quantitative estimate of drug-likeness (QED) is 0.803. The Bertz CT molecular complexity index is 232. The van der Waals surface area contributed by atoms with Crippen LogP contribution >= 0.6 is 0 Å². The van der Waals surface area contributed by atoms with E-state index in [1.165, 1.54) is 45.2 Å². The Morgan fingerprint density at radius 2 is 2.06 bits per heavy atom. The molecule has 17 heavy (non-hydrogen) atoms. The van der Waals surface area contributed by atoms with Gasteiger partial charge in [-0.3, -0.25) is 4.90 Å². The Hall–Kier alpha value is -0.120. The van der Waals surface area contributed by atoms with Crippen LogP contribution in [0.4, 0.5) is 0 Å². The minimum atomic E-state index is 0.734.